The van der Waals surface area contributed by atoms with Gasteiger partial charge in [0.2, 0.25) is 0 Å². The van der Waals surface area contributed by atoms with Crippen molar-refractivity contribution in [3.8, 4) is 16.9 Å². The van der Waals surface area contributed by atoms with E-state index < -0.39 is 0 Å². The second-order valence-electron chi connectivity index (χ2n) is 6.41. The predicted molar refractivity (Wildman–Crippen MR) is 101 cm³/mol. The maximum atomic E-state index is 12.0. The van der Waals surface area contributed by atoms with Gasteiger partial charge in [-0.05, 0) is 43.3 Å². The second kappa shape index (κ2) is 7.53. The standard InChI is InChI=1S/C21H23NO3/c1-3-4-10-22(2)14-16-11-21(24)25-20-13-17(19(23)12-18(16)20)15-8-6-5-7-9-15/h5-9,11-13,23H,3-4,10,14H2,1-2H3. The van der Waals surface area contributed by atoms with Crippen LogP contribution >= 0.6 is 0 Å². The normalized spacial score (nSPS) is 11.3. The monoisotopic (exact) mass is 337 g/mol. The summed E-state index contributed by atoms with van der Waals surface area (Å²) in [4.78, 5) is 14.2. The zero-order chi connectivity index (χ0) is 17.8. The van der Waals surface area contributed by atoms with Gasteiger partial charge in [0.1, 0.15) is 11.3 Å². The third-order valence-electron chi connectivity index (χ3n) is 4.36. The van der Waals surface area contributed by atoms with Gasteiger partial charge < -0.3 is 14.4 Å². The molecule has 4 heteroatoms. The Balaban J connectivity index is 2.05. The van der Waals surface area contributed by atoms with Crippen LogP contribution in [0, 0.1) is 0 Å². The molecule has 0 aliphatic carbocycles. The minimum Gasteiger partial charge on any atom is -0.507 e. The zero-order valence-corrected chi connectivity index (χ0v) is 14.7. The highest BCUT2D eigenvalue weighted by molar-refractivity contribution is 5.88. The van der Waals surface area contributed by atoms with Crippen molar-refractivity contribution in [3.63, 3.8) is 0 Å². The molecule has 0 radical (unpaired) electrons. The van der Waals surface area contributed by atoms with Crippen LogP contribution in [0.1, 0.15) is 25.3 Å². The topological polar surface area (TPSA) is 53.7 Å². The van der Waals surface area contributed by atoms with Crippen molar-refractivity contribution in [2.24, 2.45) is 0 Å². The van der Waals surface area contributed by atoms with Gasteiger partial charge in [-0.15, -0.1) is 0 Å². The van der Waals surface area contributed by atoms with Gasteiger partial charge in [0.05, 0.1) is 0 Å². The summed E-state index contributed by atoms with van der Waals surface area (Å²) in [5.74, 6) is 0.185. The van der Waals surface area contributed by atoms with Gasteiger partial charge >= 0.3 is 5.63 Å². The van der Waals surface area contributed by atoms with Crippen molar-refractivity contribution in [1.29, 1.82) is 0 Å². The number of unbranched alkanes of at least 4 members (excludes halogenated alkanes) is 1. The summed E-state index contributed by atoms with van der Waals surface area (Å²) in [6.07, 6.45) is 2.24. The van der Waals surface area contributed by atoms with Crippen LogP contribution in [-0.4, -0.2) is 23.6 Å². The highest BCUT2D eigenvalue weighted by atomic mass is 16.4. The van der Waals surface area contributed by atoms with Crippen LogP contribution in [0.5, 0.6) is 5.75 Å². The van der Waals surface area contributed by atoms with Gasteiger partial charge in [0.25, 0.3) is 0 Å². The van der Waals surface area contributed by atoms with E-state index in [0.29, 0.717) is 17.7 Å². The quantitative estimate of drug-likeness (QED) is 0.678. The number of nitrogens with zero attached hydrogens (tertiary/aromatic N) is 1. The van der Waals surface area contributed by atoms with Crippen LogP contribution in [-0.2, 0) is 6.54 Å². The van der Waals surface area contributed by atoms with E-state index in [4.69, 9.17) is 4.42 Å². The fraction of sp³-hybridized carbons (Fsp3) is 0.286. The summed E-state index contributed by atoms with van der Waals surface area (Å²) in [6, 6.07) is 14.5. The van der Waals surface area contributed by atoms with Crippen molar-refractivity contribution >= 4 is 11.0 Å². The molecule has 1 N–H and O–H groups in total. The summed E-state index contributed by atoms with van der Waals surface area (Å²) < 4.78 is 5.40. The van der Waals surface area contributed by atoms with E-state index in [2.05, 4.69) is 11.8 Å². The second-order valence-corrected chi connectivity index (χ2v) is 6.41. The van der Waals surface area contributed by atoms with E-state index in [1.54, 1.807) is 12.1 Å². The van der Waals surface area contributed by atoms with Crippen LogP contribution in [0.15, 0.2) is 57.7 Å². The molecule has 0 aliphatic heterocycles. The Morgan fingerprint density at radius 1 is 1.12 bits per heavy atom. The number of rotatable bonds is 6. The Morgan fingerprint density at radius 3 is 2.60 bits per heavy atom. The number of hydrogen-bond donors (Lipinski definition) is 1. The lowest BCUT2D eigenvalue weighted by molar-refractivity contribution is 0.321. The molecule has 0 unspecified atom stereocenters. The Bertz CT molecular complexity index is 916. The highest BCUT2D eigenvalue weighted by Gasteiger charge is 2.13. The summed E-state index contributed by atoms with van der Waals surface area (Å²) >= 11 is 0. The lowest BCUT2D eigenvalue weighted by Crippen LogP contribution is -2.20. The van der Waals surface area contributed by atoms with Crippen LogP contribution in [0.3, 0.4) is 0 Å². The predicted octanol–water partition coefficient (Wildman–Crippen LogP) is 4.40. The van der Waals surface area contributed by atoms with Crippen molar-refractivity contribution in [2.75, 3.05) is 13.6 Å². The minimum atomic E-state index is -0.365. The third kappa shape index (κ3) is 3.91. The molecule has 1 aromatic heterocycles. The van der Waals surface area contributed by atoms with Crippen molar-refractivity contribution in [2.45, 2.75) is 26.3 Å². The van der Waals surface area contributed by atoms with Crippen LogP contribution in [0.2, 0.25) is 0 Å². The van der Waals surface area contributed by atoms with Crippen LogP contribution in [0.4, 0.5) is 0 Å². The van der Waals surface area contributed by atoms with Gasteiger partial charge in [-0.2, -0.15) is 0 Å². The fourth-order valence-corrected chi connectivity index (χ4v) is 3.04. The molecule has 130 valence electrons. The molecule has 0 atom stereocenters. The number of benzene rings is 2. The molecule has 4 nitrogen and oxygen atoms in total. The Hall–Kier alpha value is -2.59. The van der Waals surface area contributed by atoms with E-state index in [-0.39, 0.29) is 11.4 Å². The summed E-state index contributed by atoms with van der Waals surface area (Å²) in [7, 11) is 2.04. The highest BCUT2D eigenvalue weighted by Crippen LogP contribution is 2.34. The minimum absolute atomic E-state index is 0.185. The number of aromatic hydroxyl groups is 1. The summed E-state index contributed by atoms with van der Waals surface area (Å²) in [6.45, 7) is 3.77. The molecule has 0 aliphatic rings. The first-order valence-corrected chi connectivity index (χ1v) is 8.62. The number of fused-ring (bicyclic) bond motifs is 1. The van der Waals surface area contributed by atoms with E-state index in [9.17, 15) is 9.90 Å². The van der Waals surface area contributed by atoms with Gasteiger partial charge in [-0.1, -0.05) is 43.7 Å². The van der Waals surface area contributed by atoms with E-state index in [1.165, 1.54) is 6.07 Å². The molecule has 1 heterocycles. The van der Waals surface area contributed by atoms with E-state index in [0.717, 1.165) is 35.9 Å². The molecule has 0 spiro atoms. The first-order valence-electron chi connectivity index (χ1n) is 8.62. The largest absolute Gasteiger partial charge is 0.507 e. The Morgan fingerprint density at radius 2 is 1.88 bits per heavy atom. The van der Waals surface area contributed by atoms with Crippen LogP contribution in [0.25, 0.3) is 22.1 Å². The smallest absolute Gasteiger partial charge is 0.336 e. The first kappa shape index (κ1) is 17.2. The Kier molecular flexibility index (Phi) is 5.19. The average Bonchev–Trinajstić information content (AvgIpc) is 2.61. The van der Waals surface area contributed by atoms with Gasteiger partial charge in [-0.25, -0.2) is 4.79 Å². The lowest BCUT2D eigenvalue weighted by Gasteiger charge is -2.17. The van der Waals surface area contributed by atoms with Gasteiger partial charge in [0, 0.05) is 23.6 Å². The molecule has 0 saturated heterocycles. The zero-order valence-electron chi connectivity index (χ0n) is 14.7. The summed E-state index contributed by atoms with van der Waals surface area (Å²) in [5, 5.41) is 11.3. The lowest BCUT2D eigenvalue weighted by atomic mass is 10.0. The third-order valence-corrected chi connectivity index (χ3v) is 4.36. The molecule has 2 aromatic carbocycles. The molecule has 25 heavy (non-hydrogen) atoms. The molecule has 0 saturated carbocycles. The molecule has 0 bridgehead atoms. The number of hydrogen-bond acceptors (Lipinski definition) is 4. The first-order chi connectivity index (χ1) is 12.1. The number of phenolic OH excluding ortho intramolecular Hbond substituents is 1. The van der Waals surface area contributed by atoms with Crippen LogP contribution < -0.4 is 5.63 Å². The SMILES string of the molecule is CCCCN(C)Cc1cc(=O)oc2cc(-c3ccccc3)c(O)cc12. The fourth-order valence-electron chi connectivity index (χ4n) is 3.04. The van der Waals surface area contributed by atoms with Crippen molar-refractivity contribution < 1.29 is 9.52 Å². The Labute approximate surface area is 147 Å². The van der Waals surface area contributed by atoms with Crippen molar-refractivity contribution in [3.05, 3.63) is 64.5 Å². The molecule has 3 aromatic rings. The van der Waals surface area contributed by atoms with Crippen molar-refractivity contribution in [1.82, 2.24) is 4.90 Å². The molecular formula is C21H23NO3. The molecule has 0 amide bonds. The molecular weight excluding hydrogens is 314 g/mol. The van der Waals surface area contributed by atoms with Gasteiger partial charge in [-0.3, -0.25) is 0 Å². The van der Waals surface area contributed by atoms with Gasteiger partial charge in [0.15, 0.2) is 0 Å². The average molecular weight is 337 g/mol. The maximum absolute atomic E-state index is 12.0. The van der Waals surface area contributed by atoms with E-state index in [1.807, 2.05) is 37.4 Å². The maximum Gasteiger partial charge on any atom is 0.336 e. The summed E-state index contributed by atoms with van der Waals surface area (Å²) in [5.41, 5.74) is 2.56. The molecule has 3 rings (SSSR count). The van der Waals surface area contributed by atoms with E-state index >= 15 is 0 Å². The number of phenols is 1. The molecule has 0 fully saturated rings.